The number of carbonyl (C=O) groups excluding carboxylic acids is 1. The van der Waals surface area contributed by atoms with Gasteiger partial charge in [-0.2, -0.15) is 0 Å². The molecule has 0 radical (unpaired) electrons. The number of aryl methyl sites for hydroxylation is 1. The van der Waals surface area contributed by atoms with Crippen LogP contribution >= 0.6 is 11.3 Å². The third-order valence-corrected chi connectivity index (χ3v) is 3.78. The first kappa shape index (κ1) is 10.8. The number of ketones is 1. The summed E-state index contributed by atoms with van der Waals surface area (Å²) in [5.74, 6) is 0.841. The van der Waals surface area contributed by atoms with Crippen molar-refractivity contribution in [2.24, 2.45) is 5.92 Å². The molecular weight excluding hydrogens is 208 g/mol. The Labute approximate surface area is 93.9 Å². The van der Waals surface area contributed by atoms with Crippen molar-refractivity contribution in [3.8, 4) is 0 Å². The minimum atomic E-state index is 0.271. The molecule has 1 N–H and O–H groups in total. The van der Waals surface area contributed by atoms with Gasteiger partial charge in [-0.1, -0.05) is 0 Å². The van der Waals surface area contributed by atoms with Gasteiger partial charge in [-0.05, 0) is 38.8 Å². The fraction of sp³-hybridized carbons (Fsp3) is 0.636. The van der Waals surface area contributed by atoms with E-state index in [9.17, 15) is 4.79 Å². The number of piperidine rings is 1. The van der Waals surface area contributed by atoms with Crippen LogP contribution in [0.4, 0.5) is 0 Å². The molecule has 1 aromatic heterocycles. The van der Waals surface area contributed by atoms with E-state index >= 15 is 0 Å². The van der Waals surface area contributed by atoms with Crippen LogP contribution in [0.2, 0.25) is 0 Å². The summed E-state index contributed by atoms with van der Waals surface area (Å²) >= 11 is 1.51. The van der Waals surface area contributed by atoms with Crippen LogP contribution < -0.4 is 5.32 Å². The number of aromatic nitrogens is 1. The number of nitrogens with zero attached hydrogens (tertiary/aromatic N) is 1. The maximum absolute atomic E-state index is 11.9. The van der Waals surface area contributed by atoms with Gasteiger partial charge < -0.3 is 5.32 Å². The summed E-state index contributed by atoms with van der Waals surface area (Å²) in [6.07, 6.45) is 4.67. The number of Topliss-reactive ketones (excluding diaryl/α,β-unsaturated/α-hetero) is 1. The summed E-state index contributed by atoms with van der Waals surface area (Å²) in [6.45, 7) is 4.05. The van der Waals surface area contributed by atoms with Crippen LogP contribution in [-0.2, 0) is 0 Å². The minimum Gasteiger partial charge on any atom is -0.317 e. The third-order valence-electron chi connectivity index (χ3n) is 2.83. The molecule has 82 valence electrons. The summed E-state index contributed by atoms with van der Waals surface area (Å²) in [6, 6.07) is 0. The number of carbonyl (C=O) groups is 1. The molecule has 0 aliphatic carbocycles. The molecule has 0 spiro atoms. The van der Waals surface area contributed by atoms with E-state index in [-0.39, 0.29) is 5.78 Å². The van der Waals surface area contributed by atoms with E-state index < -0.39 is 0 Å². The number of rotatable bonds is 3. The third kappa shape index (κ3) is 2.86. The normalized spacial score (nSPS) is 17.9. The number of hydrogen-bond donors (Lipinski definition) is 1. The molecule has 0 bridgehead atoms. The maximum atomic E-state index is 11.9. The summed E-state index contributed by atoms with van der Waals surface area (Å²) in [7, 11) is 0. The molecular formula is C11H16N2OS. The highest BCUT2D eigenvalue weighted by Crippen LogP contribution is 2.21. The number of hydrogen-bond acceptors (Lipinski definition) is 4. The van der Waals surface area contributed by atoms with Gasteiger partial charge >= 0.3 is 0 Å². The molecule has 4 heteroatoms. The highest BCUT2D eigenvalue weighted by molar-refractivity contribution is 7.13. The van der Waals surface area contributed by atoms with Crippen molar-refractivity contribution in [1.29, 1.82) is 0 Å². The van der Waals surface area contributed by atoms with Crippen LogP contribution in [0.25, 0.3) is 0 Å². The molecule has 2 heterocycles. The lowest BCUT2D eigenvalue weighted by molar-refractivity contribution is 0.0956. The Morgan fingerprint density at radius 3 is 2.93 bits per heavy atom. The molecule has 1 saturated heterocycles. The Morgan fingerprint density at radius 2 is 2.33 bits per heavy atom. The second-order valence-electron chi connectivity index (χ2n) is 4.06. The van der Waals surface area contributed by atoms with E-state index in [1.165, 1.54) is 11.3 Å². The molecule has 1 aromatic rings. The van der Waals surface area contributed by atoms with Crippen molar-refractivity contribution in [2.45, 2.75) is 26.2 Å². The van der Waals surface area contributed by atoms with Crippen molar-refractivity contribution in [1.82, 2.24) is 10.3 Å². The molecule has 0 atom stereocenters. The van der Waals surface area contributed by atoms with Gasteiger partial charge in [0.25, 0.3) is 0 Å². The summed E-state index contributed by atoms with van der Waals surface area (Å²) in [5.41, 5.74) is 0. The van der Waals surface area contributed by atoms with Crippen molar-refractivity contribution >= 4 is 17.1 Å². The van der Waals surface area contributed by atoms with Crippen LogP contribution in [0.1, 0.15) is 33.9 Å². The van der Waals surface area contributed by atoms with Gasteiger partial charge in [-0.25, -0.2) is 4.98 Å². The summed E-state index contributed by atoms with van der Waals surface area (Å²) in [5, 5.41) is 4.29. The van der Waals surface area contributed by atoms with Crippen LogP contribution in [0, 0.1) is 12.8 Å². The predicted molar refractivity (Wildman–Crippen MR) is 61.4 cm³/mol. The second kappa shape index (κ2) is 4.86. The van der Waals surface area contributed by atoms with Crippen LogP contribution in [0.5, 0.6) is 0 Å². The van der Waals surface area contributed by atoms with E-state index in [1.54, 1.807) is 6.20 Å². The van der Waals surface area contributed by atoms with Gasteiger partial charge in [0, 0.05) is 12.6 Å². The van der Waals surface area contributed by atoms with Gasteiger partial charge in [0.2, 0.25) is 0 Å². The lowest BCUT2D eigenvalue weighted by Crippen LogP contribution is -2.28. The van der Waals surface area contributed by atoms with Gasteiger partial charge in [0.05, 0.1) is 9.88 Å². The van der Waals surface area contributed by atoms with Crippen molar-refractivity contribution < 1.29 is 4.79 Å². The summed E-state index contributed by atoms with van der Waals surface area (Å²) < 4.78 is 0. The van der Waals surface area contributed by atoms with Gasteiger partial charge in [-0.3, -0.25) is 4.79 Å². The quantitative estimate of drug-likeness (QED) is 0.799. The molecule has 3 nitrogen and oxygen atoms in total. The number of thiazole rings is 1. The van der Waals surface area contributed by atoms with E-state index in [0.29, 0.717) is 12.3 Å². The predicted octanol–water partition coefficient (Wildman–Crippen LogP) is 2.02. The van der Waals surface area contributed by atoms with Crippen molar-refractivity contribution in [3.05, 3.63) is 16.1 Å². The van der Waals surface area contributed by atoms with Crippen LogP contribution in [0.3, 0.4) is 0 Å². The largest absolute Gasteiger partial charge is 0.317 e. The Hall–Kier alpha value is -0.740. The molecule has 0 aromatic carbocycles. The molecule has 0 saturated carbocycles. The smallest absolute Gasteiger partial charge is 0.174 e. The first-order valence-corrected chi connectivity index (χ1v) is 6.23. The highest BCUT2D eigenvalue weighted by Gasteiger charge is 2.18. The fourth-order valence-corrected chi connectivity index (χ4v) is 2.67. The zero-order valence-electron chi connectivity index (χ0n) is 8.95. The molecule has 15 heavy (non-hydrogen) atoms. The summed E-state index contributed by atoms with van der Waals surface area (Å²) in [4.78, 5) is 16.8. The van der Waals surface area contributed by atoms with Gasteiger partial charge in [0.15, 0.2) is 5.78 Å². The molecule has 0 amide bonds. The monoisotopic (exact) mass is 224 g/mol. The Morgan fingerprint density at radius 1 is 1.60 bits per heavy atom. The van der Waals surface area contributed by atoms with Crippen LogP contribution in [-0.4, -0.2) is 23.9 Å². The average Bonchev–Trinajstić information content (AvgIpc) is 2.66. The Balaban J connectivity index is 1.91. The lowest BCUT2D eigenvalue weighted by atomic mass is 9.92. The number of nitrogens with one attached hydrogen (secondary N) is 1. The SMILES string of the molecule is Cc1ncc(C(=O)CC2CCNCC2)s1. The van der Waals surface area contributed by atoms with Crippen molar-refractivity contribution in [2.75, 3.05) is 13.1 Å². The zero-order chi connectivity index (χ0) is 10.7. The van der Waals surface area contributed by atoms with E-state index in [0.717, 1.165) is 35.8 Å². The van der Waals surface area contributed by atoms with E-state index in [4.69, 9.17) is 0 Å². The molecule has 2 rings (SSSR count). The first-order chi connectivity index (χ1) is 7.25. The molecule has 1 aliphatic rings. The lowest BCUT2D eigenvalue weighted by Gasteiger charge is -2.21. The maximum Gasteiger partial charge on any atom is 0.174 e. The second-order valence-corrected chi connectivity index (χ2v) is 5.30. The van der Waals surface area contributed by atoms with E-state index in [1.807, 2.05) is 6.92 Å². The molecule has 1 fully saturated rings. The Bertz CT molecular complexity index is 342. The highest BCUT2D eigenvalue weighted by atomic mass is 32.1. The van der Waals surface area contributed by atoms with Gasteiger partial charge in [0.1, 0.15) is 0 Å². The van der Waals surface area contributed by atoms with Crippen LogP contribution in [0.15, 0.2) is 6.20 Å². The fourth-order valence-electron chi connectivity index (χ4n) is 1.94. The average molecular weight is 224 g/mol. The van der Waals surface area contributed by atoms with Gasteiger partial charge in [-0.15, -0.1) is 11.3 Å². The van der Waals surface area contributed by atoms with Crippen molar-refractivity contribution in [3.63, 3.8) is 0 Å². The topological polar surface area (TPSA) is 42.0 Å². The standard InChI is InChI=1S/C11H16N2OS/c1-8-13-7-11(15-8)10(14)6-9-2-4-12-5-3-9/h7,9,12H,2-6H2,1H3. The molecule has 0 unspecified atom stereocenters. The molecule has 1 aliphatic heterocycles. The minimum absolute atomic E-state index is 0.271. The Kier molecular flexibility index (Phi) is 3.49. The zero-order valence-corrected chi connectivity index (χ0v) is 9.77. The van der Waals surface area contributed by atoms with E-state index in [2.05, 4.69) is 10.3 Å². The first-order valence-electron chi connectivity index (χ1n) is 5.42.